The minimum atomic E-state index is -4.03. The van der Waals surface area contributed by atoms with Gasteiger partial charge in [0, 0.05) is 22.2 Å². The molecule has 0 aliphatic carbocycles. The van der Waals surface area contributed by atoms with E-state index in [1.165, 1.54) is 9.75 Å². The van der Waals surface area contributed by atoms with Crippen LogP contribution >= 0.6 is 11.3 Å². The van der Waals surface area contributed by atoms with Crippen molar-refractivity contribution < 1.29 is 13.2 Å². The maximum absolute atomic E-state index is 11.9. The quantitative estimate of drug-likeness (QED) is 0.769. The lowest BCUT2D eigenvalue weighted by Crippen LogP contribution is -2.29. The molecule has 0 saturated carbocycles. The van der Waals surface area contributed by atoms with Crippen LogP contribution < -0.4 is 5.32 Å². The highest BCUT2D eigenvalue weighted by atomic mass is 32.1. The summed E-state index contributed by atoms with van der Waals surface area (Å²) >= 11 is 1.74. The first-order chi connectivity index (χ1) is 7.87. The molecule has 0 aliphatic rings. The lowest BCUT2D eigenvalue weighted by molar-refractivity contribution is -0.135. The lowest BCUT2D eigenvalue weighted by Gasteiger charge is -2.13. The highest BCUT2D eigenvalue weighted by Gasteiger charge is 2.25. The van der Waals surface area contributed by atoms with E-state index in [-0.39, 0.29) is 12.5 Å². The van der Waals surface area contributed by atoms with E-state index in [9.17, 15) is 13.2 Å². The average molecular weight is 265 g/mol. The maximum atomic E-state index is 11.9. The second kappa shape index (κ2) is 6.40. The molecule has 1 rings (SSSR count). The first-order valence-corrected chi connectivity index (χ1v) is 6.54. The number of alkyl halides is 3. The molecule has 0 aliphatic heterocycles. The second-order valence-electron chi connectivity index (χ2n) is 4.29. The zero-order valence-electron chi connectivity index (χ0n) is 10.1. The number of thiophene rings is 1. The fraction of sp³-hybridized carbons (Fsp3) is 0.667. The fourth-order valence-electron chi connectivity index (χ4n) is 1.61. The number of nitrogens with one attached hydrogen (secondary N) is 1. The number of aryl methyl sites for hydroxylation is 1. The van der Waals surface area contributed by atoms with Gasteiger partial charge in [-0.15, -0.1) is 11.3 Å². The molecule has 1 nitrogen and oxygen atoms in total. The van der Waals surface area contributed by atoms with Crippen LogP contribution in [-0.4, -0.2) is 18.8 Å². The highest BCUT2D eigenvalue weighted by molar-refractivity contribution is 7.11. The number of rotatable bonds is 6. The molecule has 1 N–H and O–H groups in total. The molecule has 1 atom stereocenters. The van der Waals surface area contributed by atoms with Gasteiger partial charge in [0.1, 0.15) is 0 Å². The van der Waals surface area contributed by atoms with E-state index in [4.69, 9.17) is 0 Å². The van der Waals surface area contributed by atoms with Crippen molar-refractivity contribution in [2.24, 2.45) is 0 Å². The van der Waals surface area contributed by atoms with Gasteiger partial charge in [0.05, 0.1) is 0 Å². The van der Waals surface area contributed by atoms with Crippen molar-refractivity contribution in [2.75, 3.05) is 6.54 Å². The van der Waals surface area contributed by atoms with E-state index in [2.05, 4.69) is 24.4 Å². The minimum Gasteiger partial charge on any atom is -0.314 e. The molecule has 0 bridgehead atoms. The van der Waals surface area contributed by atoms with Crippen LogP contribution in [-0.2, 0) is 6.42 Å². The number of hydrogen-bond acceptors (Lipinski definition) is 2. The van der Waals surface area contributed by atoms with Gasteiger partial charge in [-0.25, -0.2) is 0 Å². The summed E-state index contributed by atoms with van der Waals surface area (Å²) < 4.78 is 35.7. The van der Waals surface area contributed by atoms with Gasteiger partial charge in [0.2, 0.25) is 0 Å². The fourth-order valence-corrected chi connectivity index (χ4v) is 2.63. The normalized spacial score (nSPS) is 13.9. The Morgan fingerprint density at radius 3 is 2.59 bits per heavy atom. The van der Waals surface area contributed by atoms with E-state index in [0.717, 1.165) is 6.42 Å². The predicted octanol–water partition coefficient (Wildman–Crippen LogP) is 3.92. The van der Waals surface area contributed by atoms with Crippen molar-refractivity contribution in [1.82, 2.24) is 5.32 Å². The van der Waals surface area contributed by atoms with E-state index < -0.39 is 12.6 Å². The topological polar surface area (TPSA) is 12.0 Å². The summed E-state index contributed by atoms with van der Waals surface area (Å²) in [6.45, 7) is 4.48. The van der Waals surface area contributed by atoms with Gasteiger partial charge in [-0.3, -0.25) is 0 Å². The molecule has 0 aromatic carbocycles. The van der Waals surface area contributed by atoms with Crippen molar-refractivity contribution in [3.05, 3.63) is 21.9 Å². The molecule has 98 valence electrons. The Morgan fingerprint density at radius 2 is 2.06 bits per heavy atom. The summed E-state index contributed by atoms with van der Waals surface area (Å²) in [6, 6.07) is 4.37. The van der Waals surface area contributed by atoms with Gasteiger partial charge in [0.25, 0.3) is 0 Å². The van der Waals surface area contributed by atoms with Crippen LogP contribution in [0.2, 0.25) is 0 Å². The third-order valence-corrected chi connectivity index (χ3v) is 3.46. The Bertz CT molecular complexity index is 333. The SMILES string of the molecule is Cc1ccc(CC(C)NCCCC(F)(F)F)s1. The van der Waals surface area contributed by atoms with E-state index in [0.29, 0.717) is 6.54 Å². The van der Waals surface area contributed by atoms with Crippen LogP contribution in [0.4, 0.5) is 13.2 Å². The Labute approximate surface area is 104 Å². The standard InChI is InChI=1S/C12H18F3NS/c1-9(8-11-5-4-10(2)17-11)16-7-3-6-12(13,14)15/h4-5,9,16H,3,6-8H2,1-2H3. The number of hydrogen-bond donors (Lipinski definition) is 1. The van der Waals surface area contributed by atoms with Crippen molar-refractivity contribution >= 4 is 11.3 Å². The molecule has 0 saturated heterocycles. The van der Waals surface area contributed by atoms with Crippen molar-refractivity contribution in [3.8, 4) is 0 Å². The second-order valence-corrected chi connectivity index (χ2v) is 5.66. The molecule has 5 heteroatoms. The zero-order valence-corrected chi connectivity index (χ0v) is 10.9. The zero-order chi connectivity index (χ0) is 12.9. The van der Waals surface area contributed by atoms with E-state index in [1.807, 2.05) is 6.92 Å². The van der Waals surface area contributed by atoms with Crippen molar-refractivity contribution in [3.63, 3.8) is 0 Å². The largest absolute Gasteiger partial charge is 0.389 e. The van der Waals surface area contributed by atoms with Crippen LogP contribution in [0, 0.1) is 6.92 Å². The lowest BCUT2D eigenvalue weighted by atomic mass is 10.2. The van der Waals surface area contributed by atoms with Crippen molar-refractivity contribution in [1.29, 1.82) is 0 Å². The van der Waals surface area contributed by atoms with Crippen molar-refractivity contribution in [2.45, 2.75) is 45.3 Å². The van der Waals surface area contributed by atoms with E-state index >= 15 is 0 Å². The third-order valence-electron chi connectivity index (χ3n) is 2.43. The molecule has 0 fully saturated rings. The van der Waals surface area contributed by atoms with Gasteiger partial charge < -0.3 is 5.32 Å². The molecular formula is C12H18F3NS. The van der Waals surface area contributed by atoms with Gasteiger partial charge >= 0.3 is 6.18 Å². The Hall–Kier alpha value is -0.550. The third kappa shape index (κ3) is 6.68. The van der Waals surface area contributed by atoms with Crippen LogP contribution in [0.5, 0.6) is 0 Å². The molecule has 1 unspecified atom stereocenters. The summed E-state index contributed by atoms with van der Waals surface area (Å²) in [5.41, 5.74) is 0. The van der Waals surface area contributed by atoms with Crippen LogP contribution in [0.3, 0.4) is 0 Å². The average Bonchev–Trinajstić information content (AvgIpc) is 2.57. The Balaban J connectivity index is 2.15. The van der Waals surface area contributed by atoms with Gasteiger partial charge in [-0.05, 0) is 45.4 Å². The predicted molar refractivity (Wildman–Crippen MR) is 65.5 cm³/mol. The summed E-state index contributed by atoms with van der Waals surface area (Å²) in [5.74, 6) is 0. The molecule has 0 spiro atoms. The molecule has 1 aromatic rings. The van der Waals surface area contributed by atoms with Gasteiger partial charge in [0.15, 0.2) is 0 Å². The monoisotopic (exact) mass is 265 g/mol. The number of halogens is 3. The first-order valence-electron chi connectivity index (χ1n) is 5.72. The smallest absolute Gasteiger partial charge is 0.314 e. The van der Waals surface area contributed by atoms with Crippen LogP contribution in [0.1, 0.15) is 29.5 Å². The molecule has 17 heavy (non-hydrogen) atoms. The molecular weight excluding hydrogens is 247 g/mol. The summed E-state index contributed by atoms with van der Waals surface area (Å²) in [5, 5.41) is 3.12. The maximum Gasteiger partial charge on any atom is 0.389 e. The first kappa shape index (κ1) is 14.5. The Kier molecular flexibility index (Phi) is 5.46. The van der Waals surface area contributed by atoms with Crippen LogP contribution in [0.15, 0.2) is 12.1 Å². The molecule has 1 aromatic heterocycles. The molecule has 0 radical (unpaired) electrons. The highest BCUT2D eigenvalue weighted by Crippen LogP contribution is 2.21. The summed E-state index contributed by atoms with van der Waals surface area (Å²) in [6.07, 6.45) is -3.71. The molecule has 1 heterocycles. The summed E-state index contributed by atoms with van der Waals surface area (Å²) in [7, 11) is 0. The summed E-state index contributed by atoms with van der Waals surface area (Å²) in [4.78, 5) is 2.54. The molecule has 0 amide bonds. The van der Waals surface area contributed by atoms with Gasteiger partial charge in [-0.1, -0.05) is 0 Å². The Morgan fingerprint density at radius 1 is 1.35 bits per heavy atom. The van der Waals surface area contributed by atoms with Gasteiger partial charge in [-0.2, -0.15) is 13.2 Å². The minimum absolute atomic E-state index is 0.150. The van der Waals surface area contributed by atoms with Crippen LogP contribution in [0.25, 0.3) is 0 Å². The van der Waals surface area contributed by atoms with E-state index in [1.54, 1.807) is 11.3 Å².